The van der Waals surface area contributed by atoms with Gasteiger partial charge >= 0.3 is 0 Å². The van der Waals surface area contributed by atoms with Crippen molar-refractivity contribution in [3.63, 3.8) is 0 Å². The number of fused-ring (bicyclic) bond motifs is 7. The first-order valence-corrected chi connectivity index (χ1v) is 18.7. The van der Waals surface area contributed by atoms with Crippen LogP contribution in [-0.2, 0) is 0 Å². The van der Waals surface area contributed by atoms with E-state index in [1.807, 2.05) is 18.2 Å². The maximum Gasteiger partial charge on any atom is 0.159 e. The zero-order valence-corrected chi connectivity index (χ0v) is 29.8. The second kappa shape index (κ2) is 12.6. The first kappa shape index (κ1) is 31.2. The zero-order valence-electron chi connectivity index (χ0n) is 29.8. The molecule has 3 nitrogen and oxygen atoms in total. The van der Waals surface area contributed by atoms with Crippen LogP contribution in [0.1, 0.15) is 0 Å². The highest BCUT2D eigenvalue weighted by molar-refractivity contribution is 6.11. The average Bonchev–Trinajstić information content (AvgIpc) is 3.83. The van der Waals surface area contributed by atoms with E-state index in [-0.39, 0.29) is 0 Å². The van der Waals surface area contributed by atoms with Crippen molar-refractivity contribution in [3.8, 4) is 33.4 Å². The van der Waals surface area contributed by atoms with Crippen LogP contribution in [-0.4, -0.2) is 0 Å². The minimum Gasteiger partial charge on any atom is -0.455 e. The van der Waals surface area contributed by atoms with Crippen LogP contribution in [0.15, 0.2) is 209 Å². The third-order valence-electron chi connectivity index (χ3n) is 10.9. The van der Waals surface area contributed by atoms with Crippen LogP contribution in [0.3, 0.4) is 0 Å². The van der Waals surface area contributed by atoms with Gasteiger partial charge in [0.05, 0.1) is 5.69 Å². The molecule has 0 amide bonds. The molecule has 0 aliphatic rings. The van der Waals surface area contributed by atoms with Crippen LogP contribution in [0, 0.1) is 0 Å². The van der Waals surface area contributed by atoms with E-state index in [1.54, 1.807) is 0 Å². The Morgan fingerprint density at radius 3 is 1.65 bits per heavy atom. The fourth-order valence-electron chi connectivity index (χ4n) is 8.13. The maximum absolute atomic E-state index is 6.59. The minimum absolute atomic E-state index is 0.860. The van der Waals surface area contributed by atoms with Gasteiger partial charge in [-0.1, -0.05) is 146 Å². The predicted molar refractivity (Wildman–Crippen MR) is 229 cm³/mol. The topological polar surface area (TPSA) is 29.5 Å². The summed E-state index contributed by atoms with van der Waals surface area (Å²) in [5, 5.41) is 6.91. The molecule has 55 heavy (non-hydrogen) atoms. The molecular weight excluding hydrogens is 671 g/mol. The molecule has 0 aliphatic heterocycles. The SMILES string of the molecule is c1ccc(-c2cccc3c2oc2ccc(-c4ccc(N(c5ccc(-c6ccc7ccccc7c6)cc5)c5cccc6c5oc5ccccc56)cc4)cc23)cc1. The quantitative estimate of drug-likeness (QED) is 0.173. The second-order valence-corrected chi connectivity index (χ2v) is 14.1. The lowest BCUT2D eigenvalue weighted by atomic mass is 9.99. The Hall–Kier alpha value is -7.36. The molecule has 0 unspecified atom stereocenters. The summed E-state index contributed by atoms with van der Waals surface area (Å²) in [4.78, 5) is 2.30. The number of para-hydroxylation sites is 3. The molecule has 11 aromatic rings. The predicted octanol–water partition coefficient (Wildman–Crippen LogP) is 15.1. The zero-order chi connectivity index (χ0) is 36.3. The standard InChI is InChI=1S/C52H33NO2/c1-2-11-37(12-3-1)43-15-8-16-46-47-33-40(26-31-50(47)54-51(43)46)36-24-29-42(30-25-36)53(48-18-9-17-45-44-14-6-7-19-49(44)55-52(45)48)41-27-22-35(23-28-41)39-21-20-34-10-4-5-13-38(34)32-39/h1-33H. The highest BCUT2D eigenvalue weighted by Crippen LogP contribution is 2.43. The number of furan rings is 2. The molecule has 0 bridgehead atoms. The summed E-state index contributed by atoms with van der Waals surface area (Å²) in [5.41, 5.74) is 13.5. The number of rotatable bonds is 6. The van der Waals surface area contributed by atoms with E-state index < -0.39 is 0 Å². The molecule has 0 fully saturated rings. The summed E-state index contributed by atoms with van der Waals surface area (Å²) in [6, 6.07) is 70.9. The third kappa shape index (κ3) is 5.28. The summed E-state index contributed by atoms with van der Waals surface area (Å²) >= 11 is 0. The molecule has 0 saturated carbocycles. The Morgan fingerprint density at radius 1 is 0.309 bits per heavy atom. The van der Waals surface area contributed by atoms with E-state index in [2.05, 4.69) is 187 Å². The molecule has 9 aromatic carbocycles. The van der Waals surface area contributed by atoms with Gasteiger partial charge in [0.15, 0.2) is 5.58 Å². The van der Waals surface area contributed by atoms with Gasteiger partial charge in [-0.2, -0.15) is 0 Å². The largest absolute Gasteiger partial charge is 0.455 e. The first-order valence-electron chi connectivity index (χ1n) is 18.7. The summed E-state index contributed by atoms with van der Waals surface area (Å²) in [7, 11) is 0. The van der Waals surface area contributed by atoms with Crippen LogP contribution in [0.2, 0.25) is 0 Å². The number of nitrogens with zero attached hydrogens (tertiary/aromatic N) is 1. The normalized spacial score (nSPS) is 11.6. The fraction of sp³-hybridized carbons (Fsp3) is 0. The minimum atomic E-state index is 0.860. The van der Waals surface area contributed by atoms with E-state index in [1.165, 1.54) is 21.9 Å². The van der Waals surface area contributed by atoms with Gasteiger partial charge in [-0.05, 0) is 93.2 Å². The molecule has 258 valence electrons. The van der Waals surface area contributed by atoms with Gasteiger partial charge in [-0.3, -0.25) is 0 Å². The van der Waals surface area contributed by atoms with Crippen LogP contribution < -0.4 is 4.90 Å². The molecule has 0 spiro atoms. The third-order valence-corrected chi connectivity index (χ3v) is 10.9. The Labute approximate surface area is 317 Å². The molecule has 2 heterocycles. The molecule has 0 aliphatic carbocycles. The van der Waals surface area contributed by atoms with Crippen LogP contribution >= 0.6 is 0 Å². The molecule has 11 rings (SSSR count). The van der Waals surface area contributed by atoms with E-state index in [0.29, 0.717) is 0 Å². The molecule has 2 aromatic heterocycles. The molecule has 0 atom stereocenters. The van der Waals surface area contributed by atoms with Gasteiger partial charge < -0.3 is 13.7 Å². The summed E-state index contributed by atoms with van der Waals surface area (Å²) < 4.78 is 13.1. The van der Waals surface area contributed by atoms with Gasteiger partial charge in [0.1, 0.15) is 16.7 Å². The van der Waals surface area contributed by atoms with Crippen molar-refractivity contribution in [2.45, 2.75) is 0 Å². The Morgan fingerprint density at radius 2 is 0.873 bits per heavy atom. The number of anilines is 3. The van der Waals surface area contributed by atoms with E-state index in [4.69, 9.17) is 8.83 Å². The Balaban J connectivity index is 1.01. The van der Waals surface area contributed by atoms with E-state index in [0.717, 1.165) is 83.2 Å². The summed E-state index contributed by atoms with van der Waals surface area (Å²) in [6.45, 7) is 0. The first-order chi connectivity index (χ1) is 27.2. The van der Waals surface area contributed by atoms with Crippen LogP contribution in [0.5, 0.6) is 0 Å². The van der Waals surface area contributed by atoms with Crippen molar-refractivity contribution >= 4 is 71.7 Å². The number of hydrogen-bond donors (Lipinski definition) is 0. The monoisotopic (exact) mass is 703 g/mol. The van der Waals surface area contributed by atoms with Crippen molar-refractivity contribution in [2.24, 2.45) is 0 Å². The van der Waals surface area contributed by atoms with Crippen molar-refractivity contribution in [1.82, 2.24) is 0 Å². The van der Waals surface area contributed by atoms with Gasteiger partial charge in [0.2, 0.25) is 0 Å². The maximum atomic E-state index is 6.59. The molecule has 0 N–H and O–H groups in total. The Bertz CT molecular complexity index is 3190. The highest BCUT2D eigenvalue weighted by atomic mass is 16.3. The van der Waals surface area contributed by atoms with Gasteiger partial charge in [0.25, 0.3) is 0 Å². The number of hydrogen-bond acceptors (Lipinski definition) is 3. The fourth-order valence-corrected chi connectivity index (χ4v) is 8.13. The van der Waals surface area contributed by atoms with Crippen molar-refractivity contribution in [2.75, 3.05) is 4.90 Å². The van der Waals surface area contributed by atoms with Crippen molar-refractivity contribution in [3.05, 3.63) is 200 Å². The van der Waals surface area contributed by atoms with Crippen molar-refractivity contribution < 1.29 is 8.83 Å². The van der Waals surface area contributed by atoms with Gasteiger partial charge in [-0.25, -0.2) is 0 Å². The molecule has 0 radical (unpaired) electrons. The van der Waals surface area contributed by atoms with E-state index >= 15 is 0 Å². The van der Waals surface area contributed by atoms with Crippen LogP contribution in [0.4, 0.5) is 17.1 Å². The van der Waals surface area contributed by atoms with Crippen molar-refractivity contribution in [1.29, 1.82) is 0 Å². The Kier molecular flexibility index (Phi) is 7.17. The average molecular weight is 704 g/mol. The van der Waals surface area contributed by atoms with Gasteiger partial charge in [-0.15, -0.1) is 0 Å². The molecular formula is C52H33NO2. The van der Waals surface area contributed by atoms with E-state index in [9.17, 15) is 0 Å². The molecule has 3 heteroatoms. The summed E-state index contributed by atoms with van der Waals surface area (Å²) in [6.07, 6.45) is 0. The van der Waals surface area contributed by atoms with Crippen LogP contribution in [0.25, 0.3) is 88.0 Å². The lowest BCUT2D eigenvalue weighted by molar-refractivity contribution is 0.669. The second-order valence-electron chi connectivity index (χ2n) is 14.1. The number of benzene rings is 9. The van der Waals surface area contributed by atoms with Gasteiger partial charge in [0, 0.05) is 38.5 Å². The lowest BCUT2D eigenvalue weighted by Gasteiger charge is -2.26. The highest BCUT2D eigenvalue weighted by Gasteiger charge is 2.20. The molecule has 0 saturated heterocycles. The lowest BCUT2D eigenvalue weighted by Crippen LogP contribution is -2.10. The smallest absolute Gasteiger partial charge is 0.159 e. The summed E-state index contributed by atoms with van der Waals surface area (Å²) in [5.74, 6) is 0.